The molecular weight excluding hydrogens is 194 g/mol. The summed E-state index contributed by atoms with van der Waals surface area (Å²) in [6, 6.07) is 0. The molecule has 0 bridgehead atoms. The lowest BCUT2D eigenvalue weighted by molar-refractivity contribution is -0.418. The first-order valence-corrected chi connectivity index (χ1v) is 3.34. The number of hydrogen-bond acceptors (Lipinski definition) is 5. The molecule has 0 aliphatic heterocycles. The molecule has 0 aliphatic carbocycles. The van der Waals surface area contributed by atoms with Crippen LogP contribution in [0.25, 0.3) is 0 Å². The van der Waals surface area contributed by atoms with Gasteiger partial charge in [0.2, 0.25) is 5.78 Å². The summed E-state index contributed by atoms with van der Waals surface area (Å²) in [4.78, 5) is 29.7. The first-order chi connectivity index (χ1) is 6.36. The number of carbonyl (C=O) groups is 2. The predicted molar refractivity (Wildman–Crippen MR) is 41.5 cm³/mol. The molecule has 0 aliphatic rings. The van der Waals surface area contributed by atoms with Crippen LogP contribution in [0.4, 0.5) is 0 Å². The Morgan fingerprint density at radius 3 is 2.14 bits per heavy atom. The van der Waals surface area contributed by atoms with Crippen molar-refractivity contribution in [1.29, 1.82) is 0 Å². The highest BCUT2D eigenvalue weighted by molar-refractivity contribution is 5.91. The molecule has 0 heterocycles. The lowest BCUT2D eigenvalue weighted by Crippen LogP contribution is -2.14. The van der Waals surface area contributed by atoms with Crippen molar-refractivity contribution < 1.29 is 24.7 Å². The Morgan fingerprint density at radius 1 is 1.36 bits per heavy atom. The SMILES string of the molecule is CC(=O)/C(=C\C=C(\[O-])C(=O)O)[N+](=O)[O-]. The van der Waals surface area contributed by atoms with E-state index in [9.17, 15) is 24.8 Å². The summed E-state index contributed by atoms with van der Waals surface area (Å²) in [6.45, 7) is 0.938. The van der Waals surface area contributed by atoms with Crippen molar-refractivity contribution in [3.8, 4) is 0 Å². The van der Waals surface area contributed by atoms with Gasteiger partial charge in [0.1, 0.15) is 0 Å². The molecule has 1 N–H and O–H groups in total. The van der Waals surface area contributed by atoms with Crippen molar-refractivity contribution in [2.45, 2.75) is 6.92 Å². The van der Waals surface area contributed by atoms with E-state index in [0.717, 1.165) is 6.92 Å². The molecular formula is C7H6NO6-. The standard InChI is InChI=1S/C7H7NO6/c1-4(9)5(8(13)14)2-3-6(10)7(11)12/h2-3,10H,1H3,(H,11,12)/p-1/b5-2+,6-3+. The number of carboxylic acid groups (broad SMARTS) is 1. The van der Waals surface area contributed by atoms with Crippen LogP contribution in [0.5, 0.6) is 0 Å². The van der Waals surface area contributed by atoms with Crippen LogP contribution in [-0.2, 0) is 9.59 Å². The van der Waals surface area contributed by atoms with Gasteiger partial charge in [0.15, 0.2) is 0 Å². The van der Waals surface area contributed by atoms with E-state index in [0.29, 0.717) is 12.2 Å². The minimum atomic E-state index is -1.74. The maximum Gasteiger partial charge on any atom is 0.320 e. The van der Waals surface area contributed by atoms with Crippen molar-refractivity contribution in [3.63, 3.8) is 0 Å². The number of Topliss-reactive ketones (excluding diaryl/α,β-unsaturated/α-hetero) is 1. The molecule has 0 spiro atoms. The maximum atomic E-state index is 10.6. The number of hydrogen-bond donors (Lipinski definition) is 1. The third-order valence-electron chi connectivity index (χ3n) is 1.16. The molecule has 0 amide bonds. The molecule has 0 radical (unpaired) electrons. The van der Waals surface area contributed by atoms with Crippen molar-refractivity contribution in [2.75, 3.05) is 0 Å². The summed E-state index contributed by atoms with van der Waals surface area (Å²) < 4.78 is 0. The first kappa shape index (κ1) is 11.8. The fourth-order valence-electron chi connectivity index (χ4n) is 0.533. The quantitative estimate of drug-likeness (QED) is 0.205. The van der Waals surface area contributed by atoms with Gasteiger partial charge >= 0.3 is 11.7 Å². The van der Waals surface area contributed by atoms with Gasteiger partial charge in [0.25, 0.3) is 0 Å². The first-order valence-electron chi connectivity index (χ1n) is 3.34. The van der Waals surface area contributed by atoms with Crippen molar-refractivity contribution in [1.82, 2.24) is 0 Å². The van der Waals surface area contributed by atoms with E-state index < -0.39 is 28.1 Å². The maximum absolute atomic E-state index is 10.6. The highest BCUT2D eigenvalue weighted by Crippen LogP contribution is 1.98. The average molecular weight is 200 g/mol. The van der Waals surface area contributed by atoms with Crippen LogP contribution in [0.1, 0.15) is 6.92 Å². The van der Waals surface area contributed by atoms with E-state index >= 15 is 0 Å². The number of carboxylic acids is 1. The van der Waals surface area contributed by atoms with Crippen LogP contribution < -0.4 is 5.11 Å². The zero-order chi connectivity index (χ0) is 11.3. The van der Waals surface area contributed by atoms with Gasteiger partial charge in [0.05, 0.1) is 4.92 Å². The molecule has 0 atom stereocenters. The molecule has 0 aromatic carbocycles. The minimum Gasteiger partial charge on any atom is -0.868 e. The van der Waals surface area contributed by atoms with Gasteiger partial charge in [-0.15, -0.1) is 0 Å². The van der Waals surface area contributed by atoms with Crippen LogP contribution >= 0.6 is 0 Å². The Bertz CT molecular complexity index is 324. The molecule has 0 aromatic rings. The molecule has 0 aromatic heterocycles. The zero-order valence-electron chi connectivity index (χ0n) is 7.09. The number of carbonyl (C=O) groups excluding carboxylic acids is 1. The van der Waals surface area contributed by atoms with Gasteiger partial charge in [-0.25, -0.2) is 4.79 Å². The third-order valence-corrected chi connectivity index (χ3v) is 1.16. The number of allylic oxidation sites excluding steroid dienone is 3. The molecule has 0 unspecified atom stereocenters. The van der Waals surface area contributed by atoms with E-state index in [2.05, 4.69) is 0 Å². The average Bonchev–Trinajstić information content (AvgIpc) is 2.02. The number of nitrogens with zero attached hydrogens (tertiary/aromatic N) is 1. The lowest BCUT2D eigenvalue weighted by Gasteiger charge is -2.01. The van der Waals surface area contributed by atoms with E-state index in [1.165, 1.54) is 0 Å². The van der Waals surface area contributed by atoms with Crippen LogP contribution in [0.3, 0.4) is 0 Å². The number of rotatable bonds is 4. The zero-order valence-corrected chi connectivity index (χ0v) is 7.09. The summed E-state index contributed by atoms with van der Waals surface area (Å²) >= 11 is 0. The third kappa shape index (κ3) is 3.48. The Labute approximate surface area is 78.1 Å². The monoisotopic (exact) mass is 200 g/mol. The summed E-state index contributed by atoms with van der Waals surface area (Å²) in [5.41, 5.74) is -0.834. The summed E-state index contributed by atoms with van der Waals surface area (Å²) in [5, 5.41) is 28.7. The summed E-state index contributed by atoms with van der Waals surface area (Å²) in [6.07, 6.45) is 1.03. The van der Waals surface area contributed by atoms with Gasteiger partial charge in [-0.3, -0.25) is 14.9 Å². The highest BCUT2D eigenvalue weighted by atomic mass is 16.6. The summed E-state index contributed by atoms with van der Waals surface area (Å²) in [5.74, 6) is -3.93. The van der Waals surface area contributed by atoms with Crippen molar-refractivity contribution in [3.05, 3.63) is 33.7 Å². The van der Waals surface area contributed by atoms with Gasteiger partial charge in [-0.2, -0.15) is 0 Å². The molecule has 0 saturated heterocycles. The minimum absolute atomic E-state index is 0.460. The molecule has 0 saturated carbocycles. The van der Waals surface area contributed by atoms with E-state index in [1.54, 1.807) is 0 Å². The lowest BCUT2D eigenvalue weighted by atomic mass is 10.3. The summed E-state index contributed by atoms with van der Waals surface area (Å²) in [7, 11) is 0. The smallest absolute Gasteiger partial charge is 0.320 e. The van der Waals surface area contributed by atoms with E-state index in [1.807, 2.05) is 0 Å². The largest absolute Gasteiger partial charge is 0.868 e. The second kappa shape index (κ2) is 4.75. The van der Waals surface area contributed by atoms with E-state index in [-0.39, 0.29) is 0 Å². The van der Waals surface area contributed by atoms with Crippen LogP contribution in [-0.4, -0.2) is 21.8 Å². The Hall–Kier alpha value is -2.18. The molecule has 7 heteroatoms. The fourth-order valence-corrected chi connectivity index (χ4v) is 0.533. The molecule has 7 nitrogen and oxygen atoms in total. The normalized spacial score (nSPS) is 12.4. The number of nitro groups is 1. The Kier molecular flexibility index (Phi) is 4.01. The second-order valence-electron chi connectivity index (χ2n) is 2.20. The molecule has 0 fully saturated rings. The fraction of sp³-hybridized carbons (Fsp3) is 0.143. The van der Waals surface area contributed by atoms with Crippen LogP contribution in [0, 0.1) is 10.1 Å². The van der Waals surface area contributed by atoms with Crippen LogP contribution in [0.15, 0.2) is 23.6 Å². The second-order valence-corrected chi connectivity index (χ2v) is 2.20. The molecule has 14 heavy (non-hydrogen) atoms. The number of aliphatic carboxylic acids is 1. The van der Waals surface area contributed by atoms with Crippen LogP contribution in [0.2, 0.25) is 0 Å². The van der Waals surface area contributed by atoms with Gasteiger partial charge in [-0.1, -0.05) is 6.08 Å². The highest BCUT2D eigenvalue weighted by Gasteiger charge is 2.14. The van der Waals surface area contributed by atoms with Gasteiger partial charge < -0.3 is 10.2 Å². The topological polar surface area (TPSA) is 121 Å². The van der Waals surface area contributed by atoms with Crippen molar-refractivity contribution >= 4 is 11.8 Å². The van der Waals surface area contributed by atoms with Gasteiger partial charge in [-0.05, 0) is 5.76 Å². The van der Waals surface area contributed by atoms with Gasteiger partial charge in [0, 0.05) is 13.0 Å². The number of ketones is 1. The molecule has 0 rings (SSSR count). The molecule has 76 valence electrons. The predicted octanol–water partition coefficient (Wildman–Crippen LogP) is -0.935. The van der Waals surface area contributed by atoms with E-state index in [4.69, 9.17) is 5.11 Å². The Balaban J connectivity index is 4.96. The Morgan fingerprint density at radius 2 is 1.86 bits per heavy atom. The van der Waals surface area contributed by atoms with Crippen molar-refractivity contribution in [2.24, 2.45) is 0 Å².